The second-order valence-corrected chi connectivity index (χ2v) is 4.83. The first-order chi connectivity index (χ1) is 8.58. The van der Waals surface area contributed by atoms with Gasteiger partial charge in [-0.1, -0.05) is 24.4 Å². The standard InChI is InChI=1S/C13H9BrFNOS/c14-10-7-8(5-6-9(10)13(16)18)17-12-4-2-1-3-11(12)15/h1-7H,(H2,16,18). The summed E-state index contributed by atoms with van der Waals surface area (Å²) in [6, 6.07) is 11.3. The highest BCUT2D eigenvalue weighted by atomic mass is 79.9. The smallest absolute Gasteiger partial charge is 0.165 e. The Morgan fingerprint density at radius 1 is 1.22 bits per heavy atom. The van der Waals surface area contributed by atoms with E-state index in [-0.39, 0.29) is 5.75 Å². The van der Waals surface area contributed by atoms with Gasteiger partial charge in [-0.15, -0.1) is 0 Å². The van der Waals surface area contributed by atoms with Crippen LogP contribution in [0.15, 0.2) is 46.9 Å². The summed E-state index contributed by atoms with van der Waals surface area (Å²) in [6.45, 7) is 0. The van der Waals surface area contributed by atoms with Crippen molar-refractivity contribution in [3.05, 3.63) is 58.3 Å². The molecule has 0 heterocycles. The molecule has 2 N–H and O–H groups in total. The number of benzene rings is 2. The maximum Gasteiger partial charge on any atom is 0.165 e. The molecule has 0 saturated heterocycles. The topological polar surface area (TPSA) is 35.2 Å². The molecule has 0 fully saturated rings. The van der Waals surface area contributed by atoms with Gasteiger partial charge in [-0.3, -0.25) is 0 Å². The third-order valence-electron chi connectivity index (χ3n) is 2.27. The zero-order chi connectivity index (χ0) is 13.1. The van der Waals surface area contributed by atoms with Gasteiger partial charge in [0.2, 0.25) is 0 Å². The summed E-state index contributed by atoms with van der Waals surface area (Å²) in [7, 11) is 0. The largest absolute Gasteiger partial charge is 0.454 e. The molecule has 2 aromatic rings. The van der Waals surface area contributed by atoms with E-state index in [1.54, 1.807) is 36.4 Å². The zero-order valence-corrected chi connectivity index (χ0v) is 11.6. The van der Waals surface area contributed by atoms with E-state index in [0.717, 1.165) is 0 Å². The Morgan fingerprint density at radius 3 is 2.56 bits per heavy atom. The summed E-state index contributed by atoms with van der Waals surface area (Å²) in [5.41, 5.74) is 6.26. The summed E-state index contributed by atoms with van der Waals surface area (Å²) in [5.74, 6) is 0.270. The Kier molecular flexibility index (Phi) is 3.93. The Balaban J connectivity index is 2.29. The molecule has 0 spiro atoms. The highest BCUT2D eigenvalue weighted by molar-refractivity contribution is 9.10. The van der Waals surface area contributed by atoms with Gasteiger partial charge in [-0.05, 0) is 46.3 Å². The number of nitrogens with two attached hydrogens (primary N) is 1. The Bertz CT molecular complexity index is 603. The van der Waals surface area contributed by atoms with Crippen LogP contribution in [-0.4, -0.2) is 4.99 Å². The Morgan fingerprint density at radius 2 is 1.94 bits per heavy atom. The van der Waals surface area contributed by atoms with Crippen molar-refractivity contribution in [3.63, 3.8) is 0 Å². The van der Waals surface area contributed by atoms with Crippen molar-refractivity contribution in [2.45, 2.75) is 0 Å². The summed E-state index contributed by atoms with van der Waals surface area (Å²) in [4.78, 5) is 0.291. The number of halogens is 2. The minimum Gasteiger partial charge on any atom is -0.454 e. The molecule has 5 heteroatoms. The lowest BCUT2D eigenvalue weighted by Gasteiger charge is -2.08. The lowest BCUT2D eigenvalue weighted by atomic mass is 10.2. The fourth-order valence-electron chi connectivity index (χ4n) is 1.41. The summed E-state index contributed by atoms with van der Waals surface area (Å²) < 4.78 is 19.6. The predicted molar refractivity (Wildman–Crippen MR) is 76.5 cm³/mol. The van der Waals surface area contributed by atoms with Gasteiger partial charge in [0.05, 0.1) is 0 Å². The van der Waals surface area contributed by atoms with E-state index < -0.39 is 5.82 Å². The normalized spacial score (nSPS) is 10.1. The molecule has 0 aromatic heterocycles. The quantitative estimate of drug-likeness (QED) is 0.866. The first-order valence-corrected chi connectivity index (χ1v) is 6.30. The molecule has 18 heavy (non-hydrogen) atoms. The molecule has 2 rings (SSSR count). The molecule has 0 bridgehead atoms. The fourth-order valence-corrected chi connectivity index (χ4v) is 2.29. The Labute approximate surface area is 118 Å². The molecule has 0 unspecified atom stereocenters. The molecule has 0 radical (unpaired) electrons. The molecular formula is C13H9BrFNOS. The molecule has 0 aliphatic rings. The maximum atomic E-state index is 13.4. The van der Waals surface area contributed by atoms with E-state index in [9.17, 15) is 4.39 Å². The average Bonchev–Trinajstić information content (AvgIpc) is 2.32. The monoisotopic (exact) mass is 325 g/mol. The molecule has 0 atom stereocenters. The van der Waals surface area contributed by atoms with E-state index in [1.807, 2.05) is 0 Å². The lowest BCUT2D eigenvalue weighted by molar-refractivity contribution is 0.442. The molecule has 0 amide bonds. The van der Waals surface area contributed by atoms with Crippen LogP contribution < -0.4 is 10.5 Å². The highest BCUT2D eigenvalue weighted by Gasteiger charge is 2.07. The number of rotatable bonds is 3. The van der Waals surface area contributed by atoms with Gasteiger partial charge < -0.3 is 10.5 Å². The van der Waals surface area contributed by atoms with Crippen molar-refractivity contribution in [2.75, 3.05) is 0 Å². The van der Waals surface area contributed by atoms with Crippen molar-refractivity contribution in [3.8, 4) is 11.5 Å². The molecule has 0 aliphatic carbocycles. The molecular weight excluding hydrogens is 317 g/mol. The van der Waals surface area contributed by atoms with E-state index in [1.165, 1.54) is 6.07 Å². The number of hydrogen-bond acceptors (Lipinski definition) is 2. The zero-order valence-electron chi connectivity index (χ0n) is 9.19. The van der Waals surface area contributed by atoms with E-state index in [2.05, 4.69) is 15.9 Å². The molecule has 2 nitrogen and oxygen atoms in total. The summed E-state index contributed by atoms with van der Waals surface area (Å²) in [6.07, 6.45) is 0. The third kappa shape index (κ3) is 2.86. The summed E-state index contributed by atoms with van der Waals surface area (Å²) in [5, 5.41) is 0. The fraction of sp³-hybridized carbons (Fsp3) is 0. The maximum absolute atomic E-state index is 13.4. The molecule has 2 aromatic carbocycles. The predicted octanol–water partition coefficient (Wildman–Crippen LogP) is 4.01. The van der Waals surface area contributed by atoms with Gasteiger partial charge in [0.25, 0.3) is 0 Å². The SMILES string of the molecule is NC(=S)c1ccc(Oc2ccccc2F)cc1Br. The highest BCUT2D eigenvalue weighted by Crippen LogP contribution is 2.28. The Hall–Kier alpha value is -1.46. The third-order valence-corrected chi connectivity index (χ3v) is 3.15. The van der Waals surface area contributed by atoms with Crippen LogP contribution in [0.3, 0.4) is 0 Å². The van der Waals surface area contributed by atoms with Gasteiger partial charge in [-0.2, -0.15) is 0 Å². The van der Waals surface area contributed by atoms with E-state index in [0.29, 0.717) is 20.8 Å². The van der Waals surface area contributed by atoms with E-state index >= 15 is 0 Å². The van der Waals surface area contributed by atoms with Crippen molar-refractivity contribution in [1.82, 2.24) is 0 Å². The van der Waals surface area contributed by atoms with Gasteiger partial charge in [-0.25, -0.2) is 4.39 Å². The van der Waals surface area contributed by atoms with Gasteiger partial charge in [0, 0.05) is 10.0 Å². The van der Waals surface area contributed by atoms with Crippen LogP contribution in [-0.2, 0) is 0 Å². The van der Waals surface area contributed by atoms with Crippen LogP contribution in [0.25, 0.3) is 0 Å². The average molecular weight is 326 g/mol. The van der Waals surface area contributed by atoms with Crippen molar-refractivity contribution in [2.24, 2.45) is 5.73 Å². The van der Waals surface area contributed by atoms with Crippen LogP contribution in [0, 0.1) is 5.82 Å². The second-order valence-electron chi connectivity index (χ2n) is 3.54. The van der Waals surface area contributed by atoms with Gasteiger partial charge in [0.15, 0.2) is 11.6 Å². The van der Waals surface area contributed by atoms with Gasteiger partial charge in [0.1, 0.15) is 10.7 Å². The van der Waals surface area contributed by atoms with E-state index in [4.69, 9.17) is 22.7 Å². The lowest BCUT2D eigenvalue weighted by Crippen LogP contribution is -2.09. The molecule has 92 valence electrons. The number of hydrogen-bond donors (Lipinski definition) is 1. The van der Waals surface area contributed by atoms with Crippen molar-refractivity contribution < 1.29 is 9.13 Å². The molecule has 0 saturated carbocycles. The van der Waals surface area contributed by atoms with Crippen LogP contribution >= 0.6 is 28.1 Å². The van der Waals surface area contributed by atoms with Crippen molar-refractivity contribution in [1.29, 1.82) is 0 Å². The van der Waals surface area contributed by atoms with Crippen LogP contribution in [0.2, 0.25) is 0 Å². The minimum absolute atomic E-state index is 0.174. The molecule has 0 aliphatic heterocycles. The first kappa shape index (κ1) is 13.0. The number of thiocarbonyl (C=S) groups is 1. The number of para-hydroxylation sites is 1. The number of ether oxygens (including phenoxy) is 1. The van der Waals surface area contributed by atoms with Crippen molar-refractivity contribution >= 4 is 33.1 Å². The minimum atomic E-state index is -0.410. The first-order valence-electron chi connectivity index (χ1n) is 5.09. The van der Waals surface area contributed by atoms with Crippen LogP contribution in [0.5, 0.6) is 11.5 Å². The summed E-state index contributed by atoms with van der Waals surface area (Å²) >= 11 is 8.23. The van der Waals surface area contributed by atoms with Crippen LogP contribution in [0.4, 0.5) is 4.39 Å². The van der Waals surface area contributed by atoms with Crippen LogP contribution in [0.1, 0.15) is 5.56 Å². The second kappa shape index (κ2) is 5.46. The van der Waals surface area contributed by atoms with Gasteiger partial charge >= 0.3 is 0 Å².